The Kier molecular flexibility index (Phi) is 17.3. The van der Waals surface area contributed by atoms with Gasteiger partial charge in [-0.1, -0.05) is 64.3 Å². The average Bonchev–Trinajstić information content (AvgIpc) is 2.74. The number of carbonyl (C=O) groups is 4. The van der Waals surface area contributed by atoms with Crippen molar-refractivity contribution in [1.82, 2.24) is 5.32 Å². The van der Waals surface area contributed by atoms with E-state index < -0.39 is 41.4 Å². The fourth-order valence-electron chi connectivity index (χ4n) is 3.29. The van der Waals surface area contributed by atoms with Gasteiger partial charge in [0.1, 0.15) is 23.3 Å². The van der Waals surface area contributed by atoms with Crippen molar-refractivity contribution in [2.24, 2.45) is 5.92 Å². The molecule has 0 aliphatic heterocycles. The predicted octanol–water partition coefficient (Wildman–Crippen LogP) is 6.75. The van der Waals surface area contributed by atoms with Gasteiger partial charge in [-0.25, -0.2) is 9.59 Å². The maximum absolute atomic E-state index is 13.0. The maximum Gasteiger partial charge on any atom is 0.408 e. The highest BCUT2D eigenvalue weighted by molar-refractivity contribution is 8.13. The third-order valence-electron chi connectivity index (χ3n) is 5.03. The van der Waals surface area contributed by atoms with Crippen LogP contribution in [0.25, 0.3) is 0 Å². The van der Waals surface area contributed by atoms with E-state index in [1.54, 1.807) is 67.5 Å². The first-order valence-electron chi connectivity index (χ1n) is 13.8. The number of ether oxygens (including phenoxy) is 3. The molecule has 0 unspecified atom stereocenters. The zero-order valence-corrected chi connectivity index (χ0v) is 25.8. The van der Waals surface area contributed by atoms with Crippen molar-refractivity contribution >= 4 is 34.9 Å². The van der Waals surface area contributed by atoms with Gasteiger partial charge in [-0.3, -0.25) is 9.59 Å². The Hall–Kier alpha value is -2.03. The molecule has 8 nitrogen and oxygen atoms in total. The van der Waals surface area contributed by atoms with Gasteiger partial charge in [0.2, 0.25) is 0 Å². The number of esters is 2. The van der Waals surface area contributed by atoms with Crippen molar-refractivity contribution in [2.75, 3.05) is 5.75 Å². The summed E-state index contributed by atoms with van der Waals surface area (Å²) in [5, 5.41) is 2.75. The number of unbranched alkanes of at least 4 members (excludes halogenated alkanes) is 4. The molecule has 0 aromatic rings. The lowest BCUT2D eigenvalue weighted by molar-refractivity contribution is -0.161. The number of carbonyl (C=O) groups excluding carboxylic acids is 4. The molecule has 0 radical (unpaired) electrons. The van der Waals surface area contributed by atoms with Crippen molar-refractivity contribution in [3.8, 4) is 0 Å². The van der Waals surface area contributed by atoms with E-state index in [1.165, 1.54) is 31.0 Å². The second kappa shape index (κ2) is 18.3. The van der Waals surface area contributed by atoms with E-state index in [-0.39, 0.29) is 17.5 Å². The number of amides is 1. The average molecular weight is 558 g/mol. The van der Waals surface area contributed by atoms with Crippen molar-refractivity contribution in [3.63, 3.8) is 0 Å². The van der Waals surface area contributed by atoms with Gasteiger partial charge in [-0.2, -0.15) is 0 Å². The number of thioether (sulfide) groups is 1. The zero-order valence-electron chi connectivity index (χ0n) is 25.0. The van der Waals surface area contributed by atoms with Crippen LogP contribution in [0.5, 0.6) is 0 Å². The Morgan fingerprint density at radius 2 is 1.50 bits per heavy atom. The minimum absolute atomic E-state index is 0.166. The van der Waals surface area contributed by atoms with E-state index in [0.29, 0.717) is 18.6 Å². The van der Waals surface area contributed by atoms with Crippen molar-refractivity contribution in [2.45, 2.75) is 137 Å². The van der Waals surface area contributed by atoms with Crippen LogP contribution in [0, 0.1) is 5.92 Å². The van der Waals surface area contributed by atoms with Crippen molar-refractivity contribution < 1.29 is 33.4 Å². The Balaban J connectivity index is 5.09. The van der Waals surface area contributed by atoms with Crippen LogP contribution in [0.1, 0.15) is 114 Å². The van der Waals surface area contributed by atoms with Gasteiger partial charge in [-0.15, -0.1) is 0 Å². The number of rotatable bonds is 16. The van der Waals surface area contributed by atoms with E-state index in [9.17, 15) is 19.2 Å². The molecule has 0 aliphatic rings. The van der Waals surface area contributed by atoms with E-state index in [1.807, 2.05) is 0 Å². The second-order valence-electron chi connectivity index (χ2n) is 11.7. The molecule has 0 spiro atoms. The van der Waals surface area contributed by atoms with Gasteiger partial charge in [0.15, 0.2) is 5.12 Å². The summed E-state index contributed by atoms with van der Waals surface area (Å²) in [6.07, 6.45) is 8.39. The molecule has 2 atom stereocenters. The molecule has 0 heterocycles. The lowest BCUT2D eigenvalue weighted by Gasteiger charge is -2.26. The summed E-state index contributed by atoms with van der Waals surface area (Å²) >= 11 is 1.30. The van der Waals surface area contributed by atoms with Crippen LogP contribution >= 0.6 is 11.8 Å². The topological polar surface area (TPSA) is 108 Å². The summed E-state index contributed by atoms with van der Waals surface area (Å²) in [6.45, 7) is 16.2. The summed E-state index contributed by atoms with van der Waals surface area (Å²) in [6, 6.07) is -0.954. The number of alkyl carbamates (subject to hydrolysis) is 1. The molecule has 0 saturated carbocycles. The molecule has 1 N–H and O–H groups in total. The molecule has 0 fully saturated rings. The van der Waals surface area contributed by atoms with Crippen molar-refractivity contribution in [1.29, 1.82) is 0 Å². The first-order valence-corrected chi connectivity index (χ1v) is 14.8. The summed E-state index contributed by atoms with van der Waals surface area (Å²) in [4.78, 5) is 49.8. The lowest BCUT2D eigenvalue weighted by atomic mass is 10.0. The van der Waals surface area contributed by atoms with E-state index in [2.05, 4.69) is 12.2 Å². The number of hydrogen-bond donors (Lipinski definition) is 1. The Bertz CT molecular complexity index is 766. The van der Waals surface area contributed by atoms with E-state index in [0.717, 1.165) is 12.8 Å². The molecule has 0 aromatic carbocycles. The third kappa shape index (κ3) is 20.0. The minimum Gasteiger partial charge on any atom is -0.460 e. The second-order valence-corrected chi connectivity index (χ2v) is 12.9. The van der Waals surface area contributed by atoms with Gasteiger partial charge < -0.3 is 19.5 Å². The summed E-state index contributed by atoms with van der Waals surface area (Å²) in [5.41, 5.74) is -1.40. The highest BCUT2D eigenvalue weighted by atomic mass is 32.2. The molecule has 0 bridgehead atoms. The number of nitrogens with one attached hydrogen (secondary N) is 1. The monoisotopic (exact) mass is 557 g/mol. The van der Waals surface area contributed by atoms with Crippen LogP contribution in [-0.2, 0) is 28.6 Å². The highest BCUT2D eigenvalue weighted by Crippen LogP contribution is 2.16. The number of hydrogen-bond acceptors (Lipinski definition) is 8. The third-order valence-corrected chi connectivity index (χ3v) is 6.00. The minimum atomic E-state index is -0.954. The zero-order chi connectivity index (χ0) is 29.4. The largest absolute Gasteiger partial charge is 0.460 e. The summed E-state index contributed by atoms with van der Waals surface area (Å²) in [7, 11) is 0. The molecule has 220 valence electrons. The fourth-order valence-corrected chi connectivity index (χ4v) is 4.06. The first-order chi connectivity index (χ1) is 17.5. The Morgan fingerprint density at radius 1 is 0.895 bits per heavy atom. The lowest BCUT2D eigenvalue weighted by Crippen LogP contribution is -2.48. The van der Waals surface area contributed by atoms with E-state index >= 15 is 0 Å². The van der Waals surface area contributed by atoms with E-state index in [4.69, 9.17) is 14.2 Å². The molecular formula is C29H51NO7S. The van der Waals surface area contributed by atoms with Crippen LogP contribution in [0.4, 0.5) is 4.79 Å². The van der Waals surface area contributed by atoms with Crippen LogP contribution in [0.15, 0.2) is 12.2 Å². The van der Waals surface area contributed by atoms with Gasteiger partial charge in [0, 0.05) is 12.2 Å². The maximum atomic E-state index is 13.0. The summed E-state index contributed by atoms with van der Waals surface area (Å²) in [5.74, 6) is -0.845. The van der Waals surface area contributed by atoms with Crippen LogP contribution < -0.4 is 5.32 Å². The molecule has 38 heavy (non-hydrogen) atoms. The first kappa shape index (κ1) is 36.0. The summed E-state index contributed by atoms with van der Waals surface area (Å²) < 4.78 is 16.3. The smallest absolute Gasteiger partial charge is 0.408 e. The van der Waals surface area contributed by atoms with Gasteiger partial charge in [0.25, 0.3) is 0 Å². The molecule has 0 aliphatic carbocycles. The predicted molar refractivity (Wildman–Crippen MR) is 153 cm³/mol. The van der Waals surface area contributed by atoms with Gasteiger partial charge in [0.05, 0.1) is 6.42 Å². The van der Waals surface area contributed by atoms with Crippen LogP contribution in [0.3, 0.4) is 0 Å². The molecule has 0 aromatic heterocycles. The SMILES string of the molecule is CCCCCCCC(=O)SCC/C=C/[C@H](CC(=O)OC(C)(C)C)OC(=O)[C@@H](NC(=O)OC(C)(C)C)C(C)C. The van der Waals surface area contributed by atoms with Gasteiger partial charge >= 0.3 is 18.0 Å². The molecule has 9 heteroatoms. The molecular weight excluding hydrogens is 506 g/mol. The van der Waals surface area contributed by atoms with Gasteiger partial charge in [-0.05, 0) is 66.4 Å². The Morgan fingerprint density at radius 3 is 2.05 bits per heavy atom. The Labute approximate surface area is 234 Å². The normalized spacial score (nSPS) is 13.7. The standard InChI is InChI=1S/C29H51NO7S/c1-10-11-12-13-14-18-24(32)38-19-16-15-17-22(20-23(31)36-28(4,5)6)35-26(33)25(21(2)3)30-27(34)37-29(7,8)9/h15,17,21-22,25H,10-14,16,18-20H2,1-9H3,(H,30,34)/b17-15+/t22-,25+/m1/s1. The quantitative estimate of drug-likeness (QED) is 0.0961. The van der Waals surface area contributed by atoms with Crippen molar-refractivity contribution in [3.05, 3.63) is 12.2 Å². The molecule has 0 rings (SSSR count). The molecule has 1 amide bonds. The van der Waals surface area contributed by atoms with Crippen LogP contribution in [-0.4, -0.2) is 52.2 Å². The number of allylic oxidation sites excluding steroid dienone is 1. The highest BCUT2D eigenvalue weighted by Gasteiger charge is 2.30. The van der Waals surface area contributed by atoms with Crippen LogP contribution in [0.2, 0.25) is 0 Å². The molecule has 0 saturated heterocycles. The fraction of sp³-hybridized carbons (Fsp3) is 0.793.